The second kappa shape index (κ2) is 24.4. The van der Waals surface area contributed by atoms with Crippen LogP contribution in [0.3, 0.4) is 0 Å². The molecule has 60 heavy (non-hydrogen) atoms. The molecule has 5 atom stereocenters. The predicted molar refractivity (Wildman–Crippen MR) is 227 cm³/mol. The summed E-state index contributed by atoms with van der Waals surface area (Å²) in [5, 5.41) is 18.4. The van der Waals surface area contributed by atoms with Crippen molar-refractivity contribution < 1.29 is 38.3 Å². The van der Waals surface area contributed by atoms with Crippen LogP contribution >= 0.6 is 0 Å². The molecule has 0 saturated carbocycles. The molecule has 1 saturated heterocycles. The van der Waals surface area contributed by atoms with E-state index in [0.29, 0.717) is 13.0 Å². The lowest BCUT2D eigenvalue weighted by Gasteiger charge is -2.33. The van der Waals surface area contributed by atoms with Crippen LogP contribution in [0, 0.1) is 17.8 Å². The number of esters is 1. The van der Waals surface area contributed by atoms with Crippen LogP contribution in [0.2, 0.25) is 0 Å². The number of hydrazone groups is 1. The Balaban J connectivity index is 1.91. The van der Waals surface area contributed by atoms with Gasteiger partial charge in [-0.1, -0.05) is 102 Å². The Labute approximate surface area is 352 Å². The van der Waals surface area contributed by atoms with Crippen molar-refractivity contribution in [1.82, 2.24) is 36.9 Å². The molecule has 1 heterocycles. The molecule has 3 rings (SSSR count). The minimum Gasteiger partial charge on any atom is -0.468 e. The monoisotopic (exact) mass is 833 g/mol. The van der Waals surface area contributed by atoms with Crippen LogP contribution in [-0.4, -0.2) is 109 Å². The Morgan fingerprint density at radius 1 is 0.867 bits per heavy atom. The molecule has 17 nitrogen and oxygen atoms in total. The second-order valence-electron chi connectivity index (χ2n) is 15.6. The number of methoxy groups -OCH3 is 1. The number of nitrogens with zero attached hydrogens (tertiary/aromatic N) is 2. The summed E-state index contributed by atoms with van der Waals surface area (Å²) in [6.07, 6.45) is 1.12. The summed E-state index contributed by atoms with van der Waals surface area (Å²) in [7, 11) is 1.17. The third-order valence-electron chi connectivity index (χ3n) is 10.2. The number of hydrogen-bond donors (Lipinski definition) is 7. The van der Waals surface area contributed by atoms with Crippen molar-refractivity contribution in [2.24, 2.45) is 28.6 Å². The van der Waals surface area contributed by atoms with Crippen molar-refractivity contribution in [3.63, 3.8) is 0 Å². The number of benzene rings is 2. The number of likely N-dealkylation sites (tertiary alicyclic amines) is 1. The molecule has 1 fully saturated rings. The van der Waals surface area contributed by atoms with Gasteiger partial charge in [0.05, 0.1) is 25.2 Å². The number of ketones is 1. The number of nitrogens with two attached hydrogens (primary N) is 1. The van der Waals surface area contributed by atoms with E-state index < -0.39 is 72.4 Å². The van der Waals surface area contributed by atoms with Gasteiger partial charge in [0.25, 0.3) is 5.91 Å². The molecule has 0 spiro atoms. The third-order valence-corrected chi connectivity index (χ3v) is 10.2. The van der Waals surface area contributed by atoms with Gasteiger partial charge < -0.3 is 42.0 Å². The molecule has 8 N–H and O–H groups in total. The Bertz CT molecular complexity index is 1750. The van der Waals surface area contributed by atoms with E-state index in [0.717, 1.165) is 11.1 Å². The van der Waals surface area contributed by atoms with Crippen LogP contribution in [0.25, 0.3) is 0 Å². The van der Waals surface area contributed by atoms with E-state index >= 15 is 0 Å². The van der Waals surface area contributed by atoms with E-state index in [1.807, 2.05) is 81.4 Å². The molecule has 0 radical (unpaired) electrons. The van der Waals surface area contributed by atoms with Crippen molar-refractivity contribution in [2.75, 3.05) is 33.3 Å². The van der Waals surface area contributed by atoms with Crippen LogP contribution < -0.4 is 37.7 Å². The van der Waals surface area contributed by atoms with Gasteiger partial charge in [-0.15, -0.1) is 0 Å². The maximum absolute atomic E-state index is 14.3. The molecule has 1 aliphatic heterocycles. The molecular formula is C43H63N9O8. The number of ether oxygens (including phenoxy) is 1. The fraction of sp³-hybridized carbons (Fsp3) is 0.535. The SMILES string of the molecule is CCCC(NC(=O)[C@@H]1CC(CN)CN1C(=O)[C@@H](NC(=O)[C@@H](NCCC(C)=O)C(C)C)C(C)C)C(=NNC(=O)NC(c1ccccc1)c1ccccc1)C(=O)NCC(=O)OC. The standard InChI is InChI=1S/C43H63N9O8/c1-8-15-32(38(40(56)46-24-34(54)60-7)50-51-43(59)49-37(30-16-11-9-12-17-30)31-18-13-10-14-19-31)47-39(55)33-22-29(23-44)25-52(33)42(58)36(27(4)5)48-41(57)35(26(2)3)45-21-20-28(6)53/h9-14,16-19,26-27,29,32-33,35-37,45H,8,15,20-25,44H2,1-7H3,(H,46,56)(H,47,55)(H,48,57)(H2,49,51,59)/t29?,32?,33-,35-,36-/m0/s1. The normalized spacial score (nSPS) is 16.8. The summed E-state index contributed by atoms with van der Waals surface area (Å²) in [5.74, 6) is -3.83. The number of carbonyl (C=O) groups is 7. The molecule has 2 unspecified atom stereocenters. The first-order chi connectivity index (χ1) is 28.6. The Morgan fingerprint density at radius 2 is 1.47 bits per heavy atom. The first-order valence-corrected chi connectivity index (χ1v) is 20.5. The third kappa shape index (κ3) is 14.5. The zero-order valence-corrected chi connectivity index (χ0v) is 35.8. The molecule has 1 aliphatic rings. The molecule has 6 amide bonds. The zero-order valence-electron chi connectivity index (χ0n) is 35.8. The van der Waals surface area contributed by atoms with Crippen molar-refractivity contribution in [3.05, 3.63) is 71.8 Å². The highest BCUT2D eigenvalue weighted by molar-refractivity contribution is 6.41. The molecule has 0 aromatic heterocycles. The van der Waals surface area contributed by atoms with Crippen LogP contribution in [0.5, 0.6) is 0 Å². The minimum atomic E-state index is -1.08. The molecular weight excluding hydrogens is 771 g/mol. The van der Waals surface area contributed by atoms with E-state index in [1.165, 1.54) is 18.9 Å². The lowest BCUT2D eigenvalue weighted by Crippen LogP contribution is -2.59. The summed E-state index contributed by atoms with van der Waals surface area (Å²) in [5.41, 5.74) is 9.77. The van der Waals surface area contributed by atoms with E-state index in [2.05, 4.69) is 41.8 Å². The molecule has 2 aromatic carbocycles. The van der Waals surface area contributed by atoms with E-state index in [9.17, 15) is 33.6 Å². The zero-order chi connectivity index (χ0) is 44.4. The molecule has 2 aromatic rings. The maximum atomic E-state index is 14.3. The summed E-state index contributed by atoms with van der Waals surface area (Å²) < 4.78 is 4.68. The number of hydrogen-bond acceptors (Lipinski definition) is 11. The van der Waals surface area contributed by atoms with E-state index in [-0.39, 0.29) is 61.6 Å². The van der Waals surface area contributed by atoms with Crippen LogP contribution in [0.1, 0.15) is 84.4 Å². The number of nitrogens with one attached hydrogen (secondary N) is 6. The summed E-state index contributed by atoms with van der Waals surface area (Å²) >= 11 is 0. The molecule has 328 valence electrons. The minimum absolute atomic E-state index is 0.0209. The predicted octanol–water partition coefficient (Wildman–Crippen LogP) is 1.92. The highest BCUT2D eigenvalue weighted by Crippen LogP contribution is 2.26. The Morgan fingerprint density at radius 3 is 1.98 bits per heavy atom. The van der Waals surface area contributed by atoms with E-state index in [4.69, 9.17) is 5.73 Å². The van der Waals surface area contributed by atoms with Gasteiger partial charge >= 0.3 is 12.0 Å². The van der Waals surface area contributed by atoms with Gasteiger partial charge in [0.15, 0.2) is 0 Å². The molecule has 0 bridgehead atoms. The topological polar surface area (TPSA) is 243 Å². The van der Waals surface area contributed by atoms with Crippen molar-refractivity contribution >= 4 is 47.1 Å². The van der Waals surface area contributed by atoms with Gasteiger partial charge in [0, 0.05) is 19.5 Å². The van der Waals surface area contributed by atoms with Gasteiger partial charge in [-0.25, -0.2) is 10.2 Å². The average Bonchev–Trinajstić information content (AvgIpc) is 3.67. The fourth-order valence-electron chi connectivity index (χ4n) is 6.92. The summed E-state index contributed by atoms with van der Waals surface area (Å²) in [4.78, 5) is 94.3. The Kier molecular flexibility index (Phi) is 19.8. The molecule has 17 heteroatoms. The van der Waals surface area contributed by atoms with Crippen molar-refractivity contribution in [1.29, 1.82) is 0 Å². The van der Waals surface area contributed by atoms with Gasteiger partial charge in [-0.2, -0.15) is 5.10 Å². The fourth-order valence-corrected chi connectivity index (χ4v) is 6.92. The summed E-state index contributed by atoms with van der Waals surface area (Å²) in [6, 6.07) is 13.4. The first-order valence-electron chi connectivity index (χ1n) is 20.5. The van der Waals surface area contributed by atoms with E-state index in [1.54, 1.807) is 13.8 Å². The Hall–Kier alpha value is -5.68. The molecule has 0 aliphatic carbocycles. The van der Waals surface area contributed by atoms with Crippen molar-refractivity contribution in [2.45, 2.75) is 97.4 Å². The number of Topliss-reactive ketones (excluding diaryl/α,β-unsaturated/α-hetero) is 1. The number of urea groups is 1. The van der Waals surface area contributed by atoms with Crippen molar-refractivity contribution in [3.8, 4) is 0 Å². The lowest BCUT2D eigenvalue weighted by molar-refractivity contribution is -0.143. The van der Waals surface area contributed by atoms with Gasteiger partial charge in [0.1, 0.15) is 30.1 Å². The average molecular weight is 834 g/mol. The first kappa shape index (κ1) is 48.7. The summed E-state index contributed by atoms with van der Waals surface area (Å²) in [6.45, 7) is 10.7. The number of amides is 6. The van der Waals surface area contributed by atoms with Gasteiger partial charge in [0.2, 0.25) is 17.7 Å². The van der Waals surface area contributed by atoms with Gasteiger partial charge in [-0.3, -0.25) is 28.8 Å². The van der Waals surface area contributed by atoms with Gasteiger partial charge in [-0.05, 0) is 55.2 Å². The van der Waals surface area contributed by atoms with Crippen LogP contribution in [0.4, 0.5) is 4.79 Å². The maximum Gasteiger partial charge on any atom is 0.335 e. The number of rotatable bonds is 22. The highest BCUT2D eigenvalue weighted by Gasteiger charge is 2.43. The van der Waals surface area contributed by atoms with Crippen LogP contribution in [-0.2, 0) is 33.5 Å². The van der Waals surface area contributed by atoms with Crippen LogP contribution in [0.15, 0.2) is 65.8 Å². The quantitative estimate of drug-likeness (QED) is 0.0517. The highest BCUT2D eigenvalue weighted by atomic mass is 16.5. The second-order valence-corrected chi connectivity index (χ2v) is 15.6. The smallest absolute Gasteiger partial charge is 0.335 e. The largest absolute Gasteiger partial charge is 0.468 e. The number of carbonyl (C=O) groups excluding carboxylic acids is 7. The lowest BCUT2D eigenvalue weighted by atomic mass is 9.98.